The second-order valence-electron chi connectivity index (χ2n) is 6.73. The van der Waals surface area contributed by atoms with Crippen molar-refractivity contribution in [1.82, 2.24) is 15.5 Å². The zero-order valence-electron chi connectivity index (χ0n) is 15.6. The molecule has 138 valence electrons. The first kappa shape index (κ1) is 19.1. The topological polar surface area (TPSA) is 70.7 Å². The summed E-state index contributed by atoms with van der Waals surface area (Å²) in [6.45, 7) is 9.50. The molecule has 1 fully saturated rings. The van der Waals surface area contributed by atoms with E-state index in [1.165, 1.54) is 0 Å². The first-order chi connectivity index (χ1) is 11.9. The third kappa shape index (κ3) is 5.37. The minimum Gasteiger partial charge on any atom is -0.491 e. The highest BCUT2D eigenvalue weighted by atomic mass is 16.5. The summed E-state index contributed by atoms with van der Waals surface area (Å²) >= 11 is 0. The van der Waals surface area contributed by atoms with Gasteiger partial charge in [0.1, 0.15) is 12.4 Å². The van der Waals surface area contributed by atoms with E-state index in [-0.39, 0.29) is 24.0 Å². The van der Waals surface area contributed by atoms with Crippen molar-refractivity contribution in [1.29, 1.82) is 0 Å². The molecule has 1 aliphatic heterocycles. The van der Waals surface area contributed by atoms with E-state index in [9.17, 15) is 9.59 Å². The van der Waals surface area contributed by atoms with Crippen LogP contribution >= 0.6 is 0 Å². The van der Waals surface area contributed by atoms with Gasteiger partial charge in [-0.05, 0) is 38.3 Å². The normalized spacial score (nSPS) is 17.9. The van der Waals surface area contributed by atoms with Gasteiger partial charge in [-0.25, -0.2) is 4.79 Å². The van der Waals surface area contributed by atoms with Gasteiger partial charge >= 0.3 is 6.03 Å². The second-order valence-corrected chi connectivity index (χ2v) is 6.73. The second kappa shape index (κ2) is 8.74. The van der Waals surface area contributed by atoms with Gasteiger partial charge in [0, 0.05) is 25.6 Å². The largest absolute Gasteiger partial charge is 0.491 e. The summed E-state index contributed by atoms with van der Waals surface area (Å²) in [4.78, 5) is 25.6. The number of amides is 3. The van der Waals surface area contributed by atoms with E-state index >= 15 is 0 Å². The van der Waals surface area contributed by atoms with E-state index in [0.29, 0.717) is 26.1 Å². The third-order valence-corrected chi connectivity index (χ3v) is 4.44. The van der Waals surface area contributed by atoms with Crippen LogP contribution in [-0.4, -0.2) is 48.6 Å². The number of aryl methyl sites for hydroxylation is 2. The number of nitrogens with one attached hydrogen (secondary N) is 2. The number of urea groups is 1. The molecule has 6 heteroatoms. The molecule has 0 aromatic heterocycles. The van der Waals surface area contributed by atoms with E-state index in [4.69, 9.17) is 4.74 Å². The standard InChI is InChI=1S/C19H29N3O3/c1-5-17(23)22-10-9-16(11-22)21-19(24)20-15(4)12-25-18-13(2)7-6-8-14(18)3/h6-8,15-16H,5,9-12H2,1-4H3,(H2,20,21,24). The van der Waals surface area contributed by atoms with Gasteiger partial charge in [0.25, 0.3) is 0 Å². The lowest BCUT2D eigenvalue weighted by atomic mass is 10.1. The Morgan fingerprint density at radius 1 is 1.32 bits per heavy atom. The molecule has 2 rings (SSSR count). The van der Waals surface area contributed by atoms with Gasteiger partial charge in [0.15, 0.2) is 0 Å². The van der Waals surface area contributed by atoms with Gasteiger partial charge in [0.05, 0.1) is 6.04 Å². The molecule has 2 atom stereocenters. The summed E-state index contributed by atoms with van der Waals surface area (Å²) in [5, 5.41) is 5.84. The summed E-state index contributed by atoms with van der Waals surface area (Å²) in [7, 11) is 0. The molecule has 0 saturated carbocycles. The van der Waals surface area contributed by atoms with Gasteiger partial charge in [-0.15, -0.1) is 0 Å². The number of hydrogen-bond acceptors (Lipinski definition) is 3. The van der Waals surface area contributed by atoms with E-state index in [2.05, 4.69) is 10.6 Å². The highest BCUT2D eigenvalue weighted by molar-refractivity contribution is 5.77. The van der Waals surface area contributed by atoms with E-state index in [0.717, 1.165) is 23.3 Å². The van der Waals surface area contributed by atoms with Crippen LogP contribution in [0.25, 0.3) is 0 Å². The fourth-order valence-corrected chi connectivity index (χ4v) is 3.06. The van der Waals surface area contributed by atoms with Crippen molar-refractivity contribution < 1.29 is 14.3 Å². The van der Waals surface area contributed by atoms with Crippen LogP contribution in [0.15, 0.2) is 18.2 Å². The average molecular weight is 347 g/mol. The molecule has 0 radical (unpaired) electrons. The fraction of sp³-hybridized carbons (Fsp3) is 0.579. The van der Waals surface area contributed by atoms with Gasteiger partial charge < -0.3 is 20.3 Å². The van der Waals surface area contributed by atoms with Crippen molar-refractivity contribution in [2.45, 2.75) is 52.6 Å². The van der Waals surface area contributed by atoms with E-state index in [1.54, 1.807) is 4.90 Å². The molecule has 0 bridgehead atoms. The zero-order valence-corrected chi connectivity index (χ0v) is 15.6. The van der Waals surface area contributed by atoms with Crippen LogP contribution < -0.4 is 15.4 Å². The fourth-order valence-electron chi connectivity index (χ4n) is 3.06. The van der Waals surface area contributed by atoms with Crippen LogP contribution in [0.3, 0.4) is 0 Å². The lowest BCUT2D eigenvalue weighted by molar-refractivity contribution is -0.129. The summed E-state index contributed by atoms with van der Waals surface area (Å²) in [6, 6.07) is 5.71. The summed E-state index contributed by atoms with van der Waals surface area (Å²) in [6.07, 6.45) is 1.30. The van der Waals surface area contributed by atoms with Crippen molar-refractivity contribution in [3.05, 3.63) is 29.3 Å². The van der Waals surface area contributed by atoms with Crippen LogP contribution in [0.1, 0.15) is 37.8 Å². The molecule has 1 heterocycles. The van der Waals surface area contributed by atoms with Crippen LogP contribution in [0.2, 0.25) is 0 Å². The van der Waals surface area contributed by atoms with Gasteiger partial charge in [-0.3, -0.25) is 4.79 Å². The molecule has 1 aliphatic rings. The Kier molecular flexibility index (Phi) is 6.67. The lowest BCUT2D eigenvalue weighted by Gasteiger charge is -2.20. The van der Waals surface area contributed by atoms with Crippen molar-refractivity contribution in [2.75, 3.05) is 19.7 Å². The highest BCUT2D eigenvalue weighted by Gasteiger charge is 2.26. The maximum absolute atomic E-state index is 12.1. The Bertz CT molecular complexity index is 598. The predicted octanol–water partition coefficient (Wildman–Crippen LogP) is 2.38. The predicted molar refractivity (Wildman–Crippen MR) is 97.8 cm³/mol. The molecule has 1 aromatic carbocycles. The van der Waals surface area contributed by atoms with Gasteiger partial charge in [-0.2, -0.15) is 0 Å². The molecule has 25 heavy (non-hydrogen) atoms. The molecular formula is C19H29N3O3. The molecule has 0 spiro atoms. The number of ether oxygens (including phenoxy) is 1. The van der Waals surface area contributed by atoms with Crippen LogP contribution in [-0.2, 0) is 4.79 Å². The number of rotatable bonds is 6. The van der Waals surface area contributed by atoms with E-state index in [1.807, 2.05) is 45.9 Å². The molecule has 2 unspecified atom stereocenters. The number of benzene rings is 1. The molecule has 3 amide bonds. The van der Waals surface area contributed by atoms with Crippen molar-refractivity contribution in [2.24, 2.45) is 0 Å². The van der Waals surface area contributed by atoms with Crippen LogP contribution in [0.4, 0.5) is 4.79 Å². The van der Waals surface area contributed by atoms with Crippen LogP contribution in [0, 0.1) is 13.8 Å². The molecule has 1 saturated heterocycles. The zero-order chi connectivity index (χ0) is 18.4. The van der Waals surface area contributed by atoms with Crippen molar-refractivity contribution in [3.63, 3.8) is 0 Å². The van der Waals surface area contributed by atoms with Crippen LogP contribution in [0.5, 0.6) is 5.75 Å². The summed E-state index contributed by atoms with van der Waals surface area (Å²) < 4.78 is 5.87. The Balaban J connectivity index is 1.74. The molecule has 1 aromatic rings. The number of likely N-dealkylation sites (tertiary alicyclic amines) is 1. The van der Waals surface area contributed by atoms with Gasteiger partial charge in [0.2, 0.25) is 5.91 Å². The molecule has 2 N–H and O–H groups in total. The number of carbonyl (C=O) groups excluding carboxylic acids is 2. The Morgan fingerprint density at radius 2 is 2.00 bits per heavy atom. The quantitative estimate of drug-likeness (QED) is 0.830. The highest BCUT2D eigenvalue weighted by Crippen LogP contribution is 2.22. The molecular weight excluding hydrogens is 318 g/mol. The van der Waals surface area contributed by atoms with Crippen molar-refractivity contribution >= 4 is 11.9 Å². The van der Waals surface area contributed by atoms with E-state index < -0.39 is 0 Å². The minimum atomic E-state index is -0.214. The summed E-state index contributed by atoms with van der Waals surface area (Å²) in [5.74, 6) is 1.01. The smallest absolute Gasteiger partial charge is 0.315 e. The Labute approximate surface area is 149 Å². The number of nitrogens with zero attached hydrogens (tertiary/aromatic N) is 1. The maximum atomic E-state index is 12.1. The number of para-hydroxylation sites is 1. The third-order valence-electron chi connectivity index (χ3n) is 4.44. The molecule has 6 nitrogen and oxygen atoms in total. The average Bonchev–Trinajstić information content (AvgIpc) is 3.01. The lowest BCUT2D eigenvalue weighted by Crippen LogP contribution is -2.48. The SMILES string of the molecule is CCC(=O)N1CCC(NC(=O)NC(C)COc2c(C)cccc2C)C1. The van der Waals surface area contributed by atoms with Crippen molar-refractivity contribution in [3.8, 4) is 5.75 Å². The number of hydrogen-bond donors (Lipinski definition) is 2. The first-order valence-electron chi connectivity index (χ1n) is 8.94. The first-order valence-corrected chi connectivity index (χ1v) is 8.94. The van der Waals surface area contributed by atoms with Gasteiger partial charge in [-0.1, -0.05) is 25.1 Å². The Morgan fingerprint density at radius 3 is 2.64 bits per heavy atom. The Hall–Kier alpha value is -2.24. The molecule has 0 aliphatic carbocycles. The maximum Gasteiger partial charge on any atom is 0.315 e. The number of carbonyl (C=O) groups is 2. The minimum absolute atomic E-state index is 0.0160. The summed E-state index contributed by atoms with van der Waals surface area (Å²) in [5.41, 5.74) is 2.17. The monoisotopic (exact) mass is 347 g/mol.